The van der Waals surface area contributed by atoms with Crippen LogP contribution in [-0.4, -0.2) is 18.2 Å². The van der Waals surface area contributed by atoms with Gasteiger partial charge in [0.25, 0.3) is 0 Å². The Morgan fingerprint density at radius 3 is 2.64 bits per heavy atom. The van der Waals surface area contributed by atoms with E-state index >= 15 is 0 Å². The molecular weight excluding hydrogens is 201 g/mol. The average Bonchev–Trinajstić information content (AvgIpc) is 2.21. The highest BCUT2D eigenvalue weighted by Gasteiger charge is 2.14. The number of para-hydroxylation sites is 1. The van der Waals surface area contributed by atoms with Crippen molar-refractivity contribution in [2.45, 2.75) is 6.92 Å². The van der Waals surface area contributed by atoms with E-state index in [0.29, 0.717) is 12.2 Å². The van der Waals surface area contributed by atoms with Crippen LogP contribution in [0.3, 0.4) is 0 Å². The quantitative estimate of drug-likeness (QED) is 0.762. The van der Waals surface area contributed by atoms with Gasteiger partial charge in [-0.1, -0.05) is 12.1 Å². The van der Waals surface area contributed by atoms with Gasteiger partial charge in [-0.2, -0.15) is 12.6 Å². The maximum atomic E-state index is 13.3. The first kappa shape index (κ1) is 11.0. The molecule has 0 saturated heterocycles. The summed E-state index contributed by atoms with van der Waals surface area (Å²) in [5, 5.41) is 0. The lowest BCUT2D eigenvalue weighted by atomic mass is 10.2. The van der Waals surface area contributed by atoms with E-state index in [2.05, 4.69) is 12.6 Å². The highest BCUT2D eigenvalue weighted by atomic mass is 32.1. The summed E-state index contributed by atoms with van der Waals surface area (Å²) in [6.07, 6.45) is 0. The number of hydrogen-bond donors (Lipinski definition) is 1. The molecule has 4 heteroatoms. The van der Waals surface area contributed by atoms with E-state index < -0.39 is 0 Å². The van der Waals surface area contributed by atoms with Gasteiger partial charge in [-0.05, 0) is 19.1 Å². The molecule has 1 aromatic rings. The third-order valence-corrected chi connectivity index (χ3v) is 2.17. The van der Waals surface area contributed by atoms with Crippen LogP contribution in [0.15, 0.2) is 24.3 Å². The Kier molecular flexibility index (Phi) is 3.95. The summed E-state index contributed by atoms with van der Waals surface area (Å²) in [5.74, 6) is -0.493. The van der Waals surface area contributed by atoms with Crippen LogP contribution in [0, 0.1) is 5.82 Å². The number of hydrogen-bond acceptors (Lipinski definition) is 2. The third-order valence-electron chi connectivity index (χ3n) is 1.90. The lowest BCUT2D eigenvalue weighted by Gasteiger charge is -2.20. The molecule has 0 unspecified atom stereocenters. The molecule has 1 rings (SSSR count). The summed E-state index contributed by atoms with van der Waals surface area (Å²) in [7, 11) is 0. The second-order valence-corrected chi connectivity index (χ2v) is 3.06. The van der Waals surface area contributed by atoms with Gasteiger partial charge >= 0.3 is 0 Å². The van der Waals surface area contributed by atoms with Gasteiger partial charge in [0.2, 0.25) is 5.91 Å². The van der Waals surface area contributed by atoms with E-state index in [1.165, 1.54) is 11.0 Å². The Bertz CT molecular complexity index is 330. The van der Waals surface area contributed by atoms with Gasteiger partial charge in [-0.15, -0.1) is 0 Å². The number of thiol groups is 1. The molecule has 0 aromatic heterocycles. The molecule has 2 nitrogen and oxygen atoms in total. The number of amides is 1. The minimum Gasteiger partial charge on any atom is -0.309 e. The van der Waals surface area contributed by atoms with Crippen LogP contribution in [0.25, 0.3) is 0 Å². The van der Waals surface area contributed by atoms with Gasteiger partial charge in [0, 0.05) is 6.54 Å². The fourth-order valence-corrected chi connectivity index (χ4v) is 1.41. The largest absolute Gasteiger partial charge is 0.309 e. The lowest BCUT2D eigenvalue weighted by molar-refractivity contribution is -0.116. The van der Waals surface area contributed by atoms with E-state index in [4.69, 9.17) is 0 Å². The van der Waals surface area contributed by atoms with E-state index in [1.807, 2.05) is 0 Å². The zero-order valence-electron chi connectivity index (χ0n) is 7.90. The minimum absolute atomic E-state index is 0.0855. The standard InChI is InChI=1S/C10H12FNOS/c1-2-12(10(13)7-14)9-6-4-3-5-8(9)11/h3-6,14H,2,7H2,1H3. The van der Waals surface area contributed by atoms with Gasteiger partial charge in [-0.25, -0.2) is 4.39 Å². The summed E-state index contributed by atoms with van der Waals surface area (Å²) >= 11 is 3.88. The van der Waals surface area contributed by atoms with Gasteiger partial charge < -0.3 is 4.90 Å². The molecule has 0 N–H and O–H groups in total. The zero-order valence-corrected chi connectivity index (χ0v) is 8.80. The molecule has 0 aliphatic rings. The first-order valence-corrected chi connectivity index (χ1v) is 4.99. The first-order chi connectivity index (χ1) is 6.70. The van der Waals surface area contributed by atoms with Crippen molar-refractivity contribution in [3.63, 3.8) is 0 Å². The number of anilines is 1. The van der Waals surface area contributed by atoms with Crippen molar-refractivity contribution in [1.82, 2.24) is 0 Å². The van der Waals surface area contributed by atoms with Gasteiger partial charge in [-0.3, -0.25) is 4.79 Å². The average molecular weight is 213 g/mol. The van der Waals surface area contributed by atoms with E-state index in [0.717, 1.165) is 0 Å². The Hall–Kier alpha value is -1.03. The first-order valence-electron chi connectivity index (χ1n) is 4.36. The molecule has 0 bridgehead atoms. The smallest absolute Gasteiger partial charge is 0.236 e. The predicted molar refractivity (Wildman–Crippen MR) is 58.3 cm³/mol. The van der Waals surface area contributed by atoms with Gasteiger partial charge in [0.1, 0.15) is 5.82 Å². The maximum absolute atomic E-state index is 13.3. The van der Waals surface area contributed by atoms with E-state index in [-0.39, 0.29) is 17.5 Å². The van der Waals surface area contributed by atoms with Crippen LogP contribution in [-0.2, 0) is 4.79 Å². The van der Waals surface area contributed by atoms with Crippen LogP contribution in [0.5, 0.6) is 0 Å². The summed E-state index contributed by atoms with van der Waals surface area (Å²) in [5.41, 5.74) is 0.314. The summed E-state index contributed by atoms with van der Waals surface area (Å²) in [4.78, 5) is 12.8. The van der Waals surface area contributed by atoms with Crippen LogP contribution in [0.1, 0.15) is 6.92 Å². The van der Waals surface area contributed by atoms with E-state index in [1.54, 1.807) is 25.1 Å². The lowest BCUT2D eigenvalue weighted by Crippen LogP contribution is -2.32. The fourth-order valence-electron chi connectivity index (χ4n) is 1.24. The molecular formula is C10H12FNOS. The summed E-state index contributed by atoms with van der Waals surface area (Å²) in [6.45, 7) is 2.24. The molecule has 14 heavy (non-hydrogen) atoms. The number of halogens is 1. The maximum Gasteiger partial charge on any atom is 0.236 e. The molecule has 76 valence electrons. The van der Waals surface area contributed by atoms with Crippen molar-refractivity contribution in [2.75, 3.05) is 17.2 Å². The van der Waals surface area contributed by atoms with Crippen molar-refractivity contribution >= 4 is 24.2 Å². The highest BCUT2D eigenvalue weighted by Crippen LogP contribution is 2.18. The highest BCUT2D eigenvalue weighted by molar-refractivity contribution is 7.81. The molecule has 1 aromatic carbocycles. The Balaban J connectivity index is 3.01. The normalized spacial score (nSPS) is 9.93. The van der Waals surface area contributed by atoms with Gasteiger partial charge in [0.05, 0.1) is 11.4 Å². The van der Waals surface area contributed by atoms with E-state index in [9.17, 15) is 9.18 Å². The van der Waals surface area contributed by atoms with Crippen LogP contribution in [0.2, 0.25) is 0 Å². The SMILES string of the molecule is CCN(C(=O)CS)c1ccccc1F. The number of benzene rings is 1. The molecule has 0 radical (unpaired) electrons. The molecule has 0 saturated carbocycles. The Labute approximate surface area is 88.1 Å². The van der Waals surface area contributed by atoms with Crippen LogP contribution >= 0.6 is 12.6 Å². The fraction of sp³-hybridized carbons (Fsp3) is 0.300. The van der Waals surface area contributed by atoms with Crippen molar-refractivity contribution in [2.24, 2.45) is 0 Å². The second kappa shape index (κ2) is 5.00. The minimum atomic E-state index is -0.385. The van der Waals surface area contributed by atoms with Crippen LogP contribution < -0.4 is 4.90 Å². The van der Waals surface area contributed by atoms with Crippen molar-refractivity contribution in [3.8, 4) is 0 Å². The molecule has 0 spiro atoms. The monoisotopic (exact) mass is 213 g/mol. The van der Waals surface area contributed by atoms with Crippen LogP contribution in [0.4, 0.5) is 10.1 Å². The number of nitrogens with zero attached hydrogens (tertiary/aromatic N) is 1. The molecule has 0 atom stereocenters. The topological polar surface area (TPSA) is 20.3 Å². The summed E-state index contributed by atoms with van der Waals surface area (Å²) < 4.78 is 13.3. The Morgan fingerprint density at radius 2 is 2.14 bits per heavy atom. The van der Waals surface area contributed by atoms with Crippen molar-refractivity contribution in [1.29, 1.82) is 0 Å². The zero-order chi connectivity index (χ0) is 10.6. The summed E-state index contributed by atoms with van der Waals surface area (Å²) in [6, 6.07) is 6.22. The number of rotatable bonds is 3. The molecule has 0 heterocycles. The Morgan fingerprint density at radius 1 is 1.50 bits per heavy atom. The van der Waals surface area contributed by atoms with Crippen molar-refractivity contribution < 1.29 is 9.18 Å². The number of carbonyl (C=O) groups is 1. The number of carbonyl (C=O) groups excluding carboxylic acids is 1. The third kappa shape index (κ3) is 2.26. The molecule has 0 aliphatic carbocycles. The molecule has 0 aliphatic heterocycles. The van der Waals surface area contributed by atoms with Gasteiger partial charge in [0.15, 0.2) is 0 Å². The second-order valence-electron chi connectivity index (χ2n) is 2.75. The molecule has 0 fully saturated rings. The predicted octanol–water partition coefficient (Wildman–Crippen LogP) is 2.11. The molecule has 1 amide bonds. The van der Waals surface area contributed by atoms with Crippen molar-refractivity contribution in [3.05, 3.63) is 30.1 Å².